The zero-order valence-corrected chi connectivity index (χ0v) is 11.6. The first-order valence-corrected chi connectivity index (χ1v) is 6.84. The van der Waals surface area contributed by atoms with Crippen LogP contribution < -0.4 is 10.6 Å². The number of benzene rings is 1. The van der Waals surface area contributed by atoms with Crippen LogP contribution in [0.3, 0.4) is 0 Å². The Morgan fingerprint density at radius 3 is 3.00 bits per heavy atom. The van der Waals surface area contributed by atoms with Gasteiger partial charge in [-0.15, -0.1) is 0 Å². The molecule has 94 valence electrons. The smallest absolute Gasteiger partial charge is 0.128 e. The van der Waals surface area contributed by atoms with Crippen molar-refractivity contribution in [1.29, 1.82) is 0 Å². The molecule has 0 radical (unpaired) electrons. The second-order valence-electron chi connectivity index (χ2n) is 4.54. The molecule has 0 spiro atoms. The van der Waals surface area contributed by atoms with Crippen LogP contribution in [0, 0.1) is 11.7 Å². The van der Waals surface area contributed by atoms with E-state index in [9.17, 15) is 4.39 Å². The van der Waals surface area contributed by atoms with Crippen molar-refractivity contribution >= 4 is 15.9 Å². The van der Waals surface area contributed by atoms with Crippen LogP contribution in [0.1, 0.15) is 24.4 Å². The van der Waals surface area contributed by atoms with Gasteiger partial charge in [0.25, 0.3) is 0 Å². The summed E-state index contributed by atoms with van der Waals surface area (Å²) < 4.78 is 14.8. The lowest BCUT2D eigenvalue weighted by atomic mass is 9.87. The van der Waals surface area contributed by atoms with Gasteiger partial charge in [0.1, 0.15) is 5.82 Å². The van der Waals surface area contributed by atoms with Gasteiger partial charge < -0.3 is 10.6 Å². The van der Waals surface area contributed by atoms with Crippen LogP contribution in [0.25, 0.3) is 0 Å². The largest absolute Gasteiger partial charge is 0.316 e. The Labute approximate surface area is 110 Å². The lowest BCUT2D eigenvalue weighted by molar-refractivity contribution is 0.293. The van der Waals surface area contributed by atoms with Crippen LogP contribution in [-0.2, 0) is 0 Å². The van der Waals surface area contributed by atoms with Crippen molar-refractivity contribution in [2.45, 2.75) is 18.9 Å². The molecule has 1 aliphatic heterocycles. The van der Waals surface area contributed by atoms with E-state index in [1.165, 1.54) is 12.5 Å². The SMILES string of the molecule is CNC(c1cc(Br)ccc1F)C1CCCNC1. The Morgan fingerprint density at radius 1 is 1.53 bits per heavy atom. The summed E-state index contributed by atoms with van der Waals surface area (Å²) in [5, 5.41) is 6.63. The summed E-state index contributed by atoms with van der Waals surface area (Å²) in [7, 11) is 1.90. The molecule has 17 heavy (non-hydrogen) atoms. The molecule has 2 atom stereocenters. The molecule has 0 aromatic heterocycles. The van der Waals surface area contributed by atoms with Crippen LogP contribution in [0.4, 0.5) is 4.39 Å². The number of halogens is 2. The van der Waals surface area contributed by atoms with Gasteiger partial charge in [0.05, 0.1) is 0 Å². The van der Waals surface area contributed by atoms with Crippen LogP contribution in [0.15, 0.2) is 22.7 Å². The molecule has 1 aromatic rings. The lowest BCUT2D eigenvalue weighted by Gasteiger charge is -2.31. The highest BCUT2D eigenvalue weighted by molar-refractivity contribution is 9.10. The highest BCUT2D eigenvalue weighted by Crippen LogP contribution is 2.30. The van der Waals surface area contributed by atoms with E-state index in [-0.39, 0.29) is 11.9 Å². The highest BCUT2D eigenvalue weighted by atomic mass is 79.9. The monoisotopic (exact) mass is 300 g/mol. The summed E-state index contributed by atoms with van der Waals surface area (Å²) in [4.78, 5) is 0. The summed E-state index contributed by atoms with van der Waals surface area (Å²) >= 11 is 3.41. The number of piperidine rings is 1. The lowest BCUT2D eigenvalue weighted by Crippen LogP contribution is -2.37. The van der Waals surface area contributed by atoms with Crippen LogP contribution in [0.2, 0.25) is 0 Å². The zero-order chi connectivity index (χ0) is 12.3. The van der Waals surface area contributed by atoms with Crippen molar-refractivity contribution in [3.63, 3.8) is 0 Å². The second-order valence-corrected chi connectivity index (χ2v) is 5.45. The van der Waals surface area contributed by atoms with Gasteiger partial charge in [-0.3, -0.25) is 0 Å². The number of hydrogen-bond acceptors (Lipinski definition) is 2. The molecular weight excluding hydrogens is 283 g/mol. The maximum atomic E-state index is 13.9. The molecule has 1 aromatic carbocycles. The average Bonchev–Trinajstić information content (AvgIpc) is 2.36. The molecule has 1 aliphatic rings. The first-order chi connectivity index (χ1) is 8.22. The van der Waals surface area contributed by atoms with Crippen molar-refractivity contribution in [1.82, 2.24) is 10.6 Å². The molecule has 0 amide bonds. The van der Waals surface area contributed by atoms with E-state index in [1.807, 2.05) is 13.1 Å². The Hall–Kier alpha value is -0.450. The average molecular weight is 301 g/mol. The molecule has 2 nitrogen and oxygen atoms in total. The summed E-state index contributed by atoms with van der Waals surface area (Å²) in [5.41, 5.74) is 0.760. The number of nitrogens with one attached hydrogen (secondary N) is 2. The maximum absolute atomic E-state index is 13.9. The standard InChI is InChI=1S/C13H18BrFN2/c1-16-13(9-3-2-6-17-8-9)11-7-10(14)4-5-12(11)15/h4-5,7,9,13,16-17H,2-3,6,8H2,1H3. The Kier molecular flexibility index (Phi) is 4.54. The minimum absolute atomic E-state index is 0.0836. The minimum atomic E-state index is -0.127. The topological polar surface area (TPSA) is 24.1 Å². The maximum Gasteiger partial charge on any atom is 0.128 e. The minimum Gasteiger partial charge on any atom is -0.316 e. The molecular formula is C13H18BrFN2. The molecule has 2 rings (SSSR count). The molecule has 0 saturated carbocycles. The third-order valence-corrected chi connectivity index (χ3v) is 3.90. The highest BCUT2D eigenvalue weighted by Gasteiger charge is 2.25. The van der Waals surface area contributed by atoms with E-state index >= 15 is 0 Å². The molecule has 0 bridgehead atoms. The third kappa shape index (κ3) is 3.06. The van der Waals surface area contributed by atoms with Gasteiger partial charge in [-0.05, 0) is 57.1 Å². The Morgan fingerprint density at radius 2 is 2.35 bits per heavy atom. The summed E-state index contributed by atoms with van der Waals surface area (Å²) in [6, 6.07) is 5.23. The predicted molar refractivity (Wildman–Crippen MR) is 71.5 cm³/mol. The van der Waals surface area contributed by atoms with E-state index in [2.05, 4.69) is 26.6 Å². The van der Waals surface area contributed by atoms with Gasteiger partial charge in [0.15, 0.2) is 0 Å². The van der Waals surface area contributed by atoms with E-state index in [1.54, 1.807) is 6.07 Å². The van der Waals surface area contributed by atoms with Gasteiger partial charge >= 0.3 is 0 Å². The van der Waals surface area contributed by atoms with Crippen LogP contribution in [-0.4, -0.2) is 20.1 Å². The first-order valence-electron chi connectivity index (χ1n) is 6.05. The fourth-order valence-electron chi connectivity index (χ4n) is 2.56. The molecule has 1 heterocycles. The van der Waals surface area contributed by atoms with Crippen molar-refractivity contribution in [3.8, 4) is 0 Å². The molecule has 2 N–H and O–H groups in total. The van der Waals surface area contributed by atoms with Gasteiger partial charge in [-0.2, -0.15) is 0 Å². The van der Waals surface area contributed by atoms with Gasteiger partial charge in [-0.25, -0.2) is 4.39 Å². The van der Waals surface area contributed by atoms with E-state index < -0.39 is 0 Å². The first kappa shape index (κ1) is 13.0. The summed E-state index contributed by atoms with van der Waals surface area (Å²) in [5.74, 6) is 0.329. The Balaban J connectivity index is 2.24. The normalized spacial score (nSPS) is 22.4. The van der Waals surface area contributed by atoms with E-state index in [0.29, 0.717) is 5.92 Å². The summed E-state index contributed by atoms with van der Waals surface area (Å²) in [6.45, 7) is 2.03. The third-order valence-electron chi connectivity index (χ3n) is 3.41. The fourth-order valence-corrected chi connectivity index (χ4v) is 2.94. The number of rotatable bonds is 3. The quantitative estimate of drug-likeness (QED) is 0.897. The fraction of sp³-hybridized carbons (Fsp3) is 0.538. The van der Waals surface area contributed by atoms with Gasteiger partial charge in [-0.1, -0.05) is 15.9 Å². The molecule has 1 fully saturated rings. The second kappa shape index (κ2) is 5.94. The van der Waals surface area contributed by atoms with Crippen molar-refractivity contribution < 1.29 is 4.39 Å². The van der Waals surface area contributed by atoms with Crippen molar-refractivity contribution in [3.05, 3.63) is 34.1 Å². The molecule has 0 aliphatic carbocycles. The number of hydrogen-bond donors (Lipinski definition) is 2. The zero-order valence-electron chi connectivity index (χ0n) is 9.97. The van der Waals surface area contributed by atoms with Crippen molar-refractivity contribution in [2.75, 3.05) is 20.1 Å². The molecule has 2 unspecified atom stereocenters. The molecule has 4 heteroatoms. The summed E-state index contributed by atoms with van der Waals surface area (Å²) in [6.07, 6.45) is 2.31. The van der Waals surface area contributed by atoms with Crippen LogP contribution in [0.5, 0.6) is 0 Å². The van der Waals surface area contributed by atoms with Gasteiger partial charge in [0, 0.05) is 16.1 Å². The van der Waals surface area contributed by atoms with Crippen LogP contribution >= 0.6 is 15.9 Å². The van der Waals surface area contributed by atoms with E-state index in [0.717, 1.165) is 29.5 Å². The predicted octanol–water partition coefficient (Wildman–Crippen LogP) is 2.85. The van der Waals surface area contributed by atoms with Crippen molar-refractivity contribution in [2.24, 2.45) is 5.92 Å². The molecule has 1 saturated heterocycles. The van der Waals surface area contributed by atoms with Gasteiger partial charge in [0.2, 0.25) is 0 Å². The van der Waals surface area contributed by atoms with E-state index in [4.69, 9.17) is 0 Å². The Bertz CT molecular complexity index is 378.